The Kier molecular flexibility index (Phi) is 8.43. The summed E-state index contributed by atoms with van der Waals surface area (Å²) in [7, 11) is 1.60. The Morgan fingerprint density at radius 2 is 2.03 bits per heavy atom. The Hall–Kier alpha value is -3.12. The molecule has 2 aromatic rings. The van der Waals surface area contributed by atoms with Crippen molar-refractivity contribution in [1.29, 1.82) is 0 Å². The topological polar surface area (TPSA) is 71.0 Å². The van der Waals surface area contributed by atoms with Crippen LogP contribution < -0.4 is 10.1 Å². The first-order chi connectivity index (χ1) is 14.0. The summed E-state index contributed by atoms with van der Waals surface area (Å²) in [4.78, 5) is 23.8. The summed E-state index contributed by atoms with van der Waals surface area (Å²) in [5.74, 6) is 0.393. The summed E-state index contributed by atoms with van der Waals surface area (Å²) < 4.78 is 5.23. The lowest BCUT2D eigenvalue weighted by molar-refractivity contribution is -0.128. The Morgan fingerprint density at radius 1 is 1.28 bits per heavy atom. The number of hydrazone groups is 1. The van der Waals surface area contributed by atoms with E-state index in [-0.39, 0.29) is 19.0 Å². The summed E-state index contributed by atoms with van der Waals surface area (Å²) >= 11 is 6.09. The molecule has 0 aliphatic rings. The van der Waals surface area contributed by atoms with Gasteiger partial charge in [-0.1, -0.05) is 35.9 Å². The van der Waals surface area contributed by atoms with Gasteiger partial charge in [0.1, 0.15) is 12.3 Å². The summed E-state index contributed by atoms with van der Waals surface area (Å²) in [5.41, 5.74) is 3.15. The molecule has 0 aromatic heterocycles. The molecule has 2 amide bonds. The number of nitrogens with zero attached hydrogens (tertiary/aromatic N) is 2. The van der Waals surface area contributed by atoms with Crippen LogP contribution in [0.25, 0.3) is 0 Å². The van der Waals surface area contributed by atoms with Gasteiger partial charge >= 0.3 is 0 Å². The number of allylic oxidation sites excluding steroid dienone is 2. The number of nitrogens with one attached hydrogen (secondary N) is 1. The summed E-state index contributed by atoms with van der Waals surface area (Å²) in [6.45, 7) is 3.85. The van der Waals surface area contributed by atoms with Crippen molar-refractivity contribution in [2.45, 2.75) is 20.4 Å². The number of halogens is 1. The van der Waals surface area contributed by atoms with E-state index in [1.54, 1.807) is 19.3 Å². The highest BCUT2D eigenvalue weighted by molar-refractivity contribution is 6.31. The normalized spacial score (nSPS) is 11.4. The Bertz CT molecular complexity index is 925. The van der Waals surface area contributed by atoms with Crippen molar-refractivity contribution in [1.82, 2.24) is 10.3 Å². The highest BCUT2D eigenvalue weighted by Gasteiger charge is 2.12. The molecule has 0 unspecified atom stereocenters. The maximum absolute atomic E-state index is 12.3. The van der Waals surface area contributed by atoms with Crippen molar-refractivity contribution in [3.8, 4) is 5.75 Å². The van der Waals surface area contributed by atoms with E-state index >= 15 is 0 Å². The first-order valence-electron chi connectivity index (χ1n) is 9.06. The third-order valence-electron chi connectivity index (χ3n) is 4.13. The van der Waals surface area contributed by atoms with Crippen LogP contribution in [0.15, 0.2) is 59.7 Å². The van der Waals surface area contributed by atoms with Gasteiger partial charge in [0.25, 0.3) is 0 Å². The highest BCUT2D eigenvalue weighted by Crippen LogP contribution is 2.18. The van der Waals surface area contributed by atoms with E-state index in [2.05, 4.69) is 10.4 Å². The molecule has 0 saturated heterocycles. The molecule has 6 nitrogen and oxygen atoms in total. The van der Waals surface area contributed by atoms with Crippen LogP contribution in [-0.2, 0) is 16.1 Å². The Labute approximate surface area is 175 Å². The van der Waals surface area contributed by atoms with Gasteiger partial charge < -0.3 is 10.1 Å². The molecule has 1 N–H and O–H groups in total. The quantitative estimate of drug-likeness (QED) is 0.387. The second kappa shape index (κ2) is 11.0. The van der Waals surface area contributed by atoms with Crippen LogP contribution in [-0.4, -0.2) is 36.7 Å². The summed E-state index contributed by atoms with van der Waals surface area (Å²) in [6.07, 6.45) is 4.13. The zero-order chi connectivity index (χ0) is 21.2. The molecule has 29 heavy (non-hydrogen) atoms. The largest absolute Gasteiger partial charge is 0.497 e. The van der Waals surface area contributed by atoms with Gasteiger partial charge in [0, 0.05) is 17.1 Å². The van der Waals surface area contributed by atoms with Gasteiger partial charge in [-0.05, 0) is 55.3 Å². The third kappa shape index (κ3) is 6.47. The fourth-order valence-corrected chi connectivity index (χ4v) is 2.86. The number of rotatable bonds is 9. The number of aryl methyl sites for hydroxylation is 1. The van der Waals surface area contributed by atoms with E-state index in [1.807, 2.05) is 56.3 Å². The number of benzene rings is 2. The molecule has 0 spiro atoms. The molecule has 0 saturated carbocycles. The molecule has 0 fully saturated rings. The van der Waals surface area contributed by atoms with Crippen molar-refractivity contribution in [2.75, 3.05) is 13.7 Å². The van der Waals surface area contributed by atoms with Crippen molar-refractivity contribution < 1.29 is 14.3 Å². The fourth-order valence-electron chi connectivity index (χ4n) is 2.66. The molecule has 0 heterocycles. The maximum atomic E-state index is 12.3. The predicted octanol–water partition coefficient (Wildman–Crippen LogP) is 3.71. The van der Waals surface area contributed by atoms with Gasteiger partial charge in [-0.25, -0.2) is 5.01 Å². The average Bonchev–Trinajstić information content (AvgIpc) is 2.72. The van der Waals surface area contributed by atoms with Crippen molar-refractivity contribution in [2.24, 2.45) is 5.10 Å². The zero-order valence-corrected chi connectivity index (χ0v) is 17.4. The zero-order valence-electron chi connectivity index (χ0n) is 16.7. The van der Waals surface area contributed by atoms with Crippen LogP contribution in [0.5, 0.6) is 5.75 Å². The maximum Gasteiger partial charge on any atom is 0.242 e. The van der Waals surface area contributed by atoms with E-state index in [1.165, 1.54) is 0 Å². The van der Waals surface area contributed by atoms with Gasteiger partial charge in [0.2, 0.25) is 12.3 Å². The summed E-state index contributed by atoms with van der Waals surface area (Å²) in [6, 6.07) is 12.8. The van der Waals surface area contributed by atoms with Crippen LogP contribution in [0.1, 0.15) is 23.6 Å². The van der Waals surface area contributed by atoms with Gasteiger partial charge in [0.05, 0.1) is 12.8 Å². The van der Waals surface area contributed by atoms with E-state index < -0.39 is 0 Å². The molecule has 0 aliphatic heterocycles. The third-order valence-corrected chi connectivity index (χ3v) is 4.50. The summed E-state index contributed by atoms with van der Waals surface area (Å²) in [5, 5.41) is 8.74. The van der Waals surface area contributed by atoms with Gasteiger partial charge in [-0.3, -0.25) is 9.59 Å². The van der Waals surface area contributed by atoms with Crippen LogP contribution >= 0.6 is 11.6 Å². The first kappa shape index (κ1) is 22.2. The second-order valence-corrected chi connectivity index (χ2v) is 6.64. The number of ether oxygens (including phenoxy) is 1. The SMILES string of the molecule is C/C=C\C(=N/N(C=O)CC(=O)NCc1ccccc1Cl)c1ccc(OC)cc1C. The molecular weight excluding hydrogens is 390 g/mol. The monoisotopic (exact) mass is 413 g/mol. The fraction of sp³-hybridized carbons (Fsp3) is 0.227. The molecular formula is C22H24ClN3O3. The van der Waals surface area contributed by atoms with E-state index in [0.29, 0.717) is 17.1 Å². The molecule has 2 aromatic carbocycles. The minimum absolute atomic E-state index is 0.204. The number of hydrogen-bond donors (Lipinski definition) is 1. The molecule has 2 rings (SSSR count). The van der Waals surface area contributed by atoms with Crippen LogP contribution in [0.3, 0.4) is 0 Å². The molecule has 0 bridgehead atoms. The lowest BCUT2D eigenvalue weighted by atomic mass is 10.0. The van der Waals surface area contributed by atoms with E-state index in [4.69, 9.17) is 16.3 Å². The van der Waals surface area contributed by atoms with Crippen molar-refractivity contribution >= 4 is 29.6 Å². The Morgan fingerprint density at radius 3 is 2.66 bits per heavy atom. The first-order valence-corrected chi connectivity index (χ1v) is 9.44. The lowest BCUT2D eigenvalue weighted by Gasteiger charge is -2.15. The van der Waals surface area contributed by atoms with Crippen molar-refractivity contribution in [3.63, 3.8) is 0 Å². The minimum Gasteiger partial charge on any atom is -0.497 e. The minimum atomic E-state index is -0.341. The molecule has 0 atom stereocenters. The van der Waals surface area contributed by atoms with Crippen LogP contribution in [0.4, 0.5) is 0 Å². The van der Waals surface area contributed by atoms with Gasteiger partial charge in [-0.2, -0.15) is 5.10 Å². The predicted molar refractivity (Wildman–Crippen MR) is 115 cm³/mol. The Balaban J connectivity index is 2.13. The molecule has 0 radical (unpaired) electrons. The standard InChI is InChI=1S/C22H24ClN3O3/c1-4-7-21(19-11-10-18(29-3)12-16(19)2)25-26(15-27)14-22(28)24-13-17-8-5-6-9-20(17)23/h4-12,15H,13-14H2,1-3H3,(H,24,28)/b7-4-,25-21+. The average molecular weight is 414 g/mol. The molecule has 0 aliphatic carbocycles. The molecule has 152 valence electrons. The van der Waals surface area contributed by atoms with E-state index in [0.717, 1.165) is 27.4 Å². The van der Waals surface area contributed by atoms with Gasteiger partial charge in [-0.15, -0.1) is 0 Å². The van der Waals surface area contributed by atoms with Crippen molar-refractivity contribution in [3.05, 3.63) is 76.3 Å². The van der Waals surface area contributed by atoms with Gasteiger partial charge in [0.15, 0.2) is 0 Å². The highest BCUT2D eigenvalue weighted by atomic mass is 35.5. The smallest absolute Gasteiger partial charge is 0.242 e. The second-order valence-electron chi connectivity index (χ2n) is 6.24. The number of carbonyl (C=O) groups is 2. The molecule has 7 heteroatoms. The van der Waals surface area contributed by atoms with Crippen LogP contribution in [0.2, 0.25) is 5.02 Å². The van der Waals surface area contributed by atoms with Crippen LogP contribution in [0, 0.1) is 6.92 Å². The number of hydrogen-bond acceptors (Lipinski definition) is 4. The number of amides is 2. The van der Waals surface area contributed by atoms with E-state index in [9.17, 15) is 9.59 Å². The lowest BCUT2D eigenvalue weighted by Crippen LogP contribution is -2.34. The number of methoxy groups -OCH3 is 1. The number of carbonyl (C=O) groups excluding carboxylic acids is 2.